The molecule has 49 heavy (non-hydrogen) atoms. The van der Waals surface area contributed by atoms with E-state index < -0.39 is 5.41 Å². The van der Waals surface area contributed by atoms with Gasteiger partial charge in [-0.1, -0.05) is 178 Å². The standard InChI is InChI=1S/C49H66/c1-11-15-17-19-37-29-39(47(7,8)25-13-3)33-41(31-37)49(45-27-35(5)21-23-43(45)44-24-22-36(6)28-46(44)49)42-32-38(20-18-16-12-2)30-40(34-42)48(9,10)26-14-4/h21-24,27-34H,11-20,25-26H2,1-10H3. The Morgan fingerprint density at radius 1 is 0.469 bits per heavy atom. The van der Waals surface area contributed by atoms with E-state index in [1.807, 2.05) is 0 Å². The number of hydrogen-bond donors (Lipinski definition) is 0. The summed E-state index contributed by atoms with van der Waals surface area (Å²) in [5.41, 5.74) is 17.1. The molecule has 4 aromatic carbocycles. The molecule has 0 fully saturated rings. The molecule has 0 saturated carbocycles. The molecule has 0 heterocycles. The van der Waals surface area contributed by atoms with Crippen LogP contribution in [0.25, 0.3) is 11.1 Å². The van der Waals surface area contributed by atoms with Crippen LogP contribution in [0.3, 0.4) is 0 Å². The Balaban J connectivity index is 1.94. The highest BCUT2D eigenvalue weighted by Gasteiger charge is 2.47. The lowest BCUT2D eigenvalue weighted by Gasteiger charge is -2.38. The third-order valence-corrected chi connectivity index (χ3v) is 11.8. The topological polar surface area (TPSA) is 0 Å². The Kier molecular flexibility index (Phi) is 11.7. The molecule has 0 nitrogen and oxygen atoms in total. The van der Waals surface area contributed by atoms with E-state index in [0.717, 1.165) is 12.8 Å². The van der Waals surface area contributed by atoms with Crippen LogP contribution >= 0.6 is 0 Å². The molecule has 1 aliphatic rings. The molecular weight excluding hydrogens is 589 g/mol. The van der Waals surface area contributed by atoms with Crippen LogP contribution in [0.2, 0.25) is 0 Å². The summed E-state index contributed by atoms with van der Waals surface area (Å²) < 4.78 is 0. The summed E-state index contributed by atoms with van der Waals surface area (Å²) in [5, 5.41) is 0. The van der Waals surface area contributed by atoms with Crippen LogP contribution < -0.4 is 0 Å². The summed E-state index contributed by atoms with van der Waals surface area (Å²) in [4.78, 5) is 0. The predicted octanol–water partition coefficient (Wildman–Crippen LogP) is 14.3. The van der Waals surface area contributed by atoms with Crippen LogP contribution in [0, 0.1) is 13.8 Å². The van der Waals surface area contributed by atoms with E-state index >= 15 is 0 Å². The fourth-order valence-electron chi connectivity index (χ4n) is 8.92. The van der Waals surface area contributed by atoms with Crippen molar-refractivity contribution >= 4 is 0 Å². The van der Waals surface area contributed by atoms with Gasteiger partial charge >= 0.3 is 0 Å². The van der Waals surface area contributed by atoms with Gasteiger partial charge in [0.1, 0.15) is 0 Å². The summed E-state index contributed by atoms with van der Waals surface area (Å²) in [5.74, 6) is 0. The zero-order valence-corrected chi connectivity index (χ0v) is 32.9. The second-order valence-corrected chi connectivity index (χ2v) is 16.9. The average molecular weight is 655 g/mol. The van der Waals surface area contributed by atoms with Crippen LogP contribution in [0.15, 0.2) is 72.8 Å². The maximum atomic E-state index is 2.64. The lowest BCUT2D eigenvalue weighted by Crippen LogP contribution is -2.31. The zero-order chi connectivity index (χ0) is 35.4. The molecule has 0 aliphatic heterocycles. The Morgan fingerprint density at radius 3 is 1.24 bits per heavy atom. The minimum atomic E-state index is -0.391. The Bertz CT molecular complexity index is 1600. The maximum Gasteiger partial charge on any atom is 0.0714 e. The highest BCUT2D eigenvalue weighted by molar-refractivity contribution is 5.87. The fourth-order valence-corrected chi connectivity index (χ4v) is 8.92. The first-order chi connectivity index (χ1) is 23.4. The van der Waals surface area contributed by atoms with Crippen molar-refractivity contribution in [2.45, 2.75) is 163 Å². The van der Waals surface area contributed by atoms with Crippen LogP contribution in [0.5, 0.6) is 0 Å². The van der Waals surface area contributed by atoms with Gasteiger partial charge in [-0.25, -0.2) is 0 Å². The zero-order valence-electron chi connectivity index (χ0n) is 32.9. The largest absolute Gasteiger partial charge is 0.0714 e. The summed E-state index contributed by atoms with van der Waals surface area (Å²) in [6.45, 7) is 23.8. The van der Waals surface area contributed by atoms with Crippen LogP contribution in [0.1, 0.15) is 175 Å². The average Bonchev–Trinajstić information content (AvgIpc) is 3.34. The third-order valence-electron chi connectivity index (χ3n) is 11.8. The summed E-state index contributed by atoms with van der Waals surface area (Å²) in [6, 6.07) is 30.2. The van der Waals surface area contributed by atoms with Crippen molar-refractivity contribution in [1.29, 1.82) is 0 Å². The molecule has 4 aromatic rings. The van der Waals surface area contributed by atoms with E-state index in [0.29, 0.717) is 0 Å². The number of hydrogen-bond acceptors (Lipinski definition) is 0. The molecule has 0 atom stereocenters. The van der Waals surface area contributed by atoms with E-state index in [2.05, 4.69) is 142 Å². The molecule has 0 aromatic heterocycles. The number of aryl methyl sites for hydroxylation is 4. The number of benzene rings is 4. The molecule has 0 saturated heterocycles. The Hall–Kier alpha value is -3.12. The highest BCUT2D eigenvalue weighted by atomic mass is 14.5. The third kappa shape index (κ3) is 7.50. The minimum Gasteiger partial charge on any atom is -0.0654 e. The SMILES string of the molecule is CCCCCc1cc(C(C)(C)CCC)cc(C2(c3cc(CCCCC)cc(C(C)(C)CCC)c3)c3cc(C)ccc3-c3ccc(C)cc32)c1. The molecule has 0 spiro atoms. The Labute approximate surface area is 301 Å². The monoisotopic (exact) mass is 655 g/mol. The van der Waals surface area contributed by atoms with Crippen molar-refractivity contribution in [3.8, 4) is 11.1 Å². The van der Waals surface area contributed by atoms with Gasteiger partial charge in [0.05, 0.1) is 5.41 Å². The summed E-state index contributed by atoms with van der Waals surface area (Å²) in [6.07, 6.45) is 14.6. The Morgan fingerprint density at radius 2 is 0.878 bits per heavy atom. The molecule has 5 rings (SSSR count). The quantitative estimate of drug-likeness (QED) is 0.0929. The molecule has 0 unspecified atom stereocenters. The number of fused-ring (bicyclic) bond motifs is 3. The first-order valence-electron chi connectivity index (χ1n) is 19.9. The summed E-state index contributed by atoms with van der Waals surface area (Å²) >= 11 is 0. The van der Waals surface area contributed by atoms with Gasteiger partial charge in [-0.05, 0) is 119 Å². The van der Waals surface area contributed by atoms with Crippen molar-refractivity contribution < 1.29 is 0 Å². The highest BCUT2D eigenvalue weighted by Crippen LogP contribution is 2.57. The van der Waals surface area contributed by atoms with Crippen molar-refractivity contribution in [2.24, 2.45) is 0 Å². The number of unbranched alkanes of at least 4 members (excludes halogenated alkanes) is 4. The van der Waals surface area contributed by atoms with Crippen molar-refractivity contribution in [3.05, 3.63) is 128 Å². The van der Waals surface area contributed by atoms with Crippen molar-refractivity contribution in [1.82, 2.24) is 0 Å². The van der Waals surface area contributed by atoms with Gasteiger partial charge in [-0.15, -0.1) is 0 Å². The van der Waals surface area contributed by atoms with E-state index in [1.165, 1.54) is 131 Å². The predicted molar refractivity (Wildman–Crippen MR) is 216 cm³/mol. The normalized spacial score (nSPS) is 13.8. The van der Waals surface area contributed by atoms with Crippen LogP contribution in [-0.4, -0.2) is 0 Å². The maximum absolute atomic E-state index is 2.64. The molecular formula is C49H66. The van der Waals surface area contributed by atoms with Crippen molar-refractivity contribution in [3.63, 3.8) is 0 Å². The van der Waals surface area contributed by atoms with Gasteiger partial charge < -0.3 is 0 Å². The molecule has 0 N–H and O–H groups in total. The molecule has 0 amide bonds. The van der Waals surface area contributed by atoms with Gasteiger partial charge in [0, 0.05) is 0 Å². The van der Waals surface area contributed by atoms with Gasteiger partial charge in [-0.3, -0.25) is 0 Å². The molecule has 0 heteroatoms. The van der Waals surface area contributed by atoms with E-state index in [9.17, 15) is 0 Å². The van der Waals surface area contributed by atoms with Crippen LogP contribution in [0.4, 0.5) is 0 Å². The molecule has 0 bridgehead atoms. The molecule has 1 aliphatic carbocycles. The second-order valence-electron chi connectivity index (χ2n) is 16.9. The summed E-state index contributed by atoms with van der Waals surface area (Å²) in [7, 11) is 0. The first kappa shape index (κ1) is 37.1. The molecule has 0 radical (unpaired) electrons. The molecule has 262 valence electrons. The van der Waals surface area contributed by atoms with E-state index in [4.69, 9.17) is 0 Å². The smallest absolute Gasteiger partial charge is 0.0654 e. The lowest BCUT2D eigenvalue weighted by atomic mass is 9.64. The van der Waals surface area contributed by atoms with Gasteiger partial charge in [0.2, 0.25) is 0 Å². The van der Waals surface area contributed by atoms with E-state index in [-0.39, 0.29) is 10.8 Å². The second kappa shape index (κ2) is 15.4. The first-order valence-corrected chi connectivity index (χ1v) is 19.9. The van der Waals surface area contributed by atoms with Gasteiger partial charge in [0.15, 0.2) is 0 Å². The van der Waals surface area contributed by atoms with E-state index in [1.54, 1.807) is 0 Å². The number of rotatable bonds is 16. The van der Waals surface area contributed by atoms with Crippen molar-refractivity contribution in [2.75, 3.05) is 0 Å². The van der Waals surface area contributed by atoms with Gasteiger partial charge in [-0.2, -0.15) is 0 Å². The van der Waals surface area contributed by atoms with Crippen LogP contribution in [-0.2, 0) is 29.1 Å². The fraction of sp³-hybridized carbons (Fsp3) is 0.510. The lowest BCUT2D eigenvalue weighted by molar-refractivity contribution is 0.470. The van der Waals surface area contributed by atoms with Gasteiger partial charge in [0.25, 0.3) is 0 Å². The minimum absolute atomic E-state index is 0.102.